The molecule has 0 unspecified atom stereocenters. The van der Waals surface area contributed by atoms with E-state index in [1.165, 1.54) is 0 Å². The quantitative estimate of drug-likeness (QED) is 0.820. The fourth-order valence-electron chi connectivity index (χ4n) is 1.74. The number of carbonyl (C=O) groups excluding carboxylic acids is 1. The van der Waals surface area contributed by atoms with Crippen molar-refractivity contribution < 1.29 is 9.53 Å². The zero-order chi connectivity index (χ0) is 14.3. The lowest BCUT2D eigenvalue weighted by molar-refractivity contribution is 0.0947. The Bertz CT molecular complexity index is 407. The maximum atomic E-state index is 11.9. The molecular formula is C15H24N2O2. The minimum atomic E-state index is -0.0588. The third kappa shape index (κ3) is 4.91. The van der Waals surface area contributed by atoms with Crippen molar-refractivity contribution in [3.05, 3.63) is 29.8 Å². The van der Waals surface area contributed by atoms with Crippen molar-refractivity contribution in [2.75, 3.05) is 27.2 Å². The van der Waals surface area contributed by atoms with Gasteiger partial charge in [-0.15, -0.1) is 0 Å². The molecule has 19 heavy (non-hydrogen) atoms. The minimum Gasteiger partial charge on any atom is -0.497 e. The number of benzene rings is 1. The van der Waals surface area contributed by atoms with Crippen LogP contribution in [0.4, 0.5) is 0 Å². The van der Waals surface area contributed by atoms with Gasteiger partial charge in [-0.1, -0.05) is 13.0 Å². The highest BCUT2D eigenvalue weighted by Gasteiger charge is 2.08. The minimum absolute atomic E-state index is 0.0588. The molecule has 1 amide bonds. The van der Waals surface area contributed by atoms with Crippen molar-refractivity contribution in [2.45, 2.75) is 26.3 Å². The fraction of sp³-hybridized carbons (Fsp3) is 0.533. The Morgan fingerprint density at radius 3 is 2.84 bits per heavy atom. The summed E-state index contributed by atoms with van der Waals surface area (Å²) in [6, 6.07) is 7.71. The van der Waals surface area contributed by atoms with Gasteiger partial charge in [0.15, 0.2) is 0 Å². The smallest absolute Gasteiger partial charge is 0.251 e. The van der Waals surface area contributed by atoms with Crippen LogP contribution in [0.25, 0.3) is 0 Å². The highest BCUT2D eigenvalue weighted by atomic mass is 16.5. The average molecular weight is 264 g/mol. The van der Waals surface area contributed by atoms with Gasteiger partial charge in [0.05, 0.1) is 7.11 Å². The van der Waals surface area contributed by atoms with Crippen molar-refractivity contribution >= 4 is 5.91 Å². The van der Waals surface area contributed by atoms with Crippen LogP contribution in [0.5, 0.6) is 5.75 Å². The molecule has 0 saturated carbocycles. The summed E-state index contributed by atoms with van der Waals surface area (Å²) in [4.78, 5) is 14.2. The second-order valence-corrected chi connectivity index (χ2v) is 4.73. The molecule has 0 aromatic heterocycles. The third-order valence-electron chi connectivity index (χ3n) is 3.43. The zero-order valence-corrected chi connectivity index (χ0v) is 12.3. The van der Waals surface area contributed by atoms with Gasteiger partial charge in [0, 0.05) is 24.7 Å². The van der Waals surface area contributed by atoms with Crippen LogP contribution in [0.3, 0.4) is 0 Å². The molecule has 1 atom stereocenters. The predicted octanol–water partition coefficient (Wildman–Crippen LogP) is 2.16. The van der Waals surface area contributed by atoms with Crippen molar-refractivity contribution in [2.24, 2.45) is 0 Å². The van der Waals surface area contributed by atoms with Crippen LogP contribution in [0.15, 0.2) is 24.3 Å². The Kier molecular flexibility index (Phi) is 6.36. The first-order valence-corrected chi connectivity index (χ1v) is 6.71. The molecule has 0 fully saturated rings. The Morgan fingerprint density at radius 1 is 1.47 bits per heavy atom. The second kappa shape index (κ2) is 7.79. The average Bonchev–Trinajstić information content (AvgIpc) is 2.46. The van der Waals surface area contributed by atoms with E-state index in [-0.39, 0.29) is 5.91 Å². The van der Waals surface area contributed by atoms with Gasteiger partial charge < -0.3 is 15.0 Å². The molecule has 0 aliphatic heterocycles. The molecule has 1 N–H and O–H groups in total. The molecule has 4 heteroatoms. The van der Waals surface area contributed by atoms with Crippen molar-refractivity contribution in [3.63, 3.8) is 0 Å². The largest absolute Gasteiger partial charge is 0.497 e. The molecule has 0 saturated heterocycles. The van der Waals surface area contributed by atoms with Crippen molar-refractivity contribution in [1.29, 1.82) is 0 Å². The number of carbonyl (C=O) groups is 1. The van der Waals surface area contributed by atoms with Crippen LogP contribution in [0.1, 0.15) is 30.6 Å². The first-order valence-electron chi connectivity index (χ1n) is 6.71. The summed E-state index contributed by atoms with van der Waals surface area (Å²) >= 11 is 0. The molecule has 1 rings (SSSR count). The predicted molar refractivity (Wildman–Crippen MR) is 77.7 cm³/mol. The number of amides is 1. The van der Waals surface area contributed by atoms with Gasteiger partial charge in [-0.2, -0.15) is 0 Å². The molecule has 1 aromatic rings. The second-order valence-electron chi connectivity index (χ2n) is 4.73. The topological polar surface area (TPSA) is 41.6 Å². The van der Waals surface area contributed by atoms with Gasteiger partial charge in [-0.3, -0.25) is 4.79 Å². The molecule has 0 bridgehead atoms. The van der Waals surface area contributed by atoms with Crippen LogP contribution < -0.4 is 10.1 Å². The Morgan fingerprint density at radius 2 is 2.21 bits per heavy atom. The van der Waals surface area contributed by atoms with Crippen LogP contribution in [-0.2, 0) is 0 Å². The number of nitrogens with one attached hydrogen (secondary N) is 1. The van der Waals surface area contributed by atoms with Crippen LogP contribution in [0, 0.1) is 0 Å². The SMILES string of the molecule is CC[C@@H](C)N(C)CCNC(=O)c1cccc(OC)c1. The number of hydrogen-bond acceptors (Lipinski definition) is 3. The summed E-state index contributed by atoms with van der Waals surface area (Å²) in [5.41, 5.74) is 0.630. The lowest BCUT2D eigenvalue weighted by Gasteiger charge is -2.23. The highest BCUT2D eigenvalue weighted by Crippen LogP contribution is 2.12. The number of methoxy groups -OCH3 is 1. The number of rotatable bonds is 7. The lowest BCUT2D eigenvalue weighted by atomic mass is 10.2. The van der Waals surface area contributed by atoms with Crippen LogP contribution in [-0.4, -0.2) is 44.1 Å². The number of ether oxygens (including phenoxy) is 1. The van der Waals surface area contributed by atoms with Gasteiger partial charge in [0.25, 0.3) is 5.91 Å². The van der Waals surface area contributed by atoms with Gasteiger partial charge >= 0.3 is 0 Å². The standard InChI is InChI=1S/C15H24N2O2/c1-5-12(2)17(3)10-9-16-15(18)13-7-6-8-14(11-13)19-4/h6-8,11-12H,5,9-10H2,1-4H3,(H,16,18)/t12-/m1/s1. The molecule has 0 aliphatic carbocycles. The van der Waals surface area contributed by atoms with Gasteiger partial charge in [-0.25, -0.2) is 0 Å². The number of likely N-dealkylation sites (N-methyl/N-ethyl adjacent to an activating group) is 1. The Hall–Kier alpha value is -1.55. The van der Waals surface area contributed by atoms with Crippen molar-refractivity contribution in [1.82, 2.24) is 10.2 Å². The highest BCUT2D eigenvalue weighted by molar-refractivity contribution is 5.94. The summed E-state index contributed by atoms with van der Waals surface area (Å²) in [6.07, 6.45) is 1.11. The summed E-state index contributed by atoms with van der Waals surface area (Å²) < 4.78 is 5.11. The van der Waals surface area contributed by atoms with E-state index in [1.54, 1.807) is 19.2 Å². The van der Waals surface area contributed by atoms with Crippen LogP contribution in [0.2, 0.25) is 0 Å². The van der Waals surface area contributed by atoms with Crippen LogP contribution >= 0.6 is 0 Å². The van der Waals surface area contributed by atoms with Gasteiger partial charge in [-0.05, 0) is 38.6 Å². The Balaban J connectivity index is 2.43. The molecule has 4 nitrogen and oxygen atoms in total. The maximum Gasteiger partial charge on any atom is 0.251 e. The van der Waals surface area contributed by atoms with Crippen molar-refractivity contribution in [3.8, 4) is 5.75 Å². The van der Waals surface area contributed by atoms with E-state index in [1.807, 2.05) is 12.1 Å². The molecule has 1 aromatic carbocycles. The van der Waals surface area contributed by atoms with E-state index < -0.39 is 0 Å². The fourth-order valence-corrected chi connectivity index (χ4v) is 1.74. The van der Waals surface area contributed by atoms with E-state index in [2.05, 4.69) is 31.1 Å². The van der Waals surface area contributed by atoms with Gasteiger partial charge in [0.1, 0.15) is 5.75 Å². The summed E-state index contributed by atoms with van der Waals surface area (Å²) in [5, 5.41) is 2.92. The molecule has 0 aliphatic rings. The first kappa shape index (κ1) is 15.5. The summed E-state index contributed by atoms with van der Waals surface area (Å²) in [6.45, 7) is 5.85. The van der Waals surface area contributed by atoms with E-state index in [0.29, 0.717) is 23.9 Å². The number of nitrogens with zero attached hydrogens (tertiary/aromatic N) is 1. The Labute approximate surface area is 115 Å². The zero-order valence-electron chi connectivity index (χ0n) is 12.3. The van der Waals surface area contributed by atoms with E-state index in [0.717, 1.165) is 13.0 Å². The molecular weight excluding hydrogens is 240 g/mol. The maximum absolute atomic E-state index is 11.9. The normalized spacial score (nSPS) is 12.3. The van der Waals surface area contributed by atoms with E-state index >= 15 is 0 Å². The molecule has 106 valence electrons. The van der Waals surface area contributed by atoms with Gasteiger partial charge in [0.2, 0.25) is 0 Å². The first-order chi connectivity index (χ1) is 9.08. The summed E-state index contributed by atoms with van der Waals surface area (Å²) in [7, 11) is 3.67. The summed E-state index contributed by atoms with van der Waals surface area (Å²) in [5.74, 6) is 0.640. The monoisotopic (exact) mass is 264 g/mol. The molecule has 0 radical (unpaired) electrons. The molecule has 0 spiro atoms. The third-order valence-corrected chi connectivity index (χ3v) is 3.43. The molecule has 0 heterocycles. The lowest BCUT2D eigenvalue weighted by Crippen LogP contribution is -2.37. The van der Waals surface area contributed by atoms with E-state index in [4.69, 9.17) is 4.74 Å². The van der Waals surface area contributed by atoms with E-state index in [9.17, 15) is 4.79 Å². The number of hydrogen-bond donors (Lipinski definition) is 1.